The van der Waals surface area contributed by atoms with Gasteiger partial charge in [-0.25, -0.2) is 14.4 Å². The summed E-state index contributed by atoms with van der Waals surface area (Å²) >= 11 is 0. The molecule has 2 aliphatic rings. The molecule has 2 aliphatic heterocycles. The average Bonchev–Trinajstić information content (AvgIpc) is 3.38. The molecule has 3 rings (SSSR count). The summed E-state index contributed by atoms with van der Waals surface area (Å²) in [6, 6.07) is 6.59. The molecule has 0 unspecified atom stereocenters. The summed E-state index contributed by atoms with van der Waals surface area (Å²) in [6.45, 7) is 7.49. The standard InChI is InChI=1S/C19H30N4O2.3C2HF3O2/c1-4-22-12-16-17(13-22)23(11-15-7-5-6-9-20-15)10-8-18(16)25-14-19(24)21(2)3;3*3-2(4,5)1(6)7/h5-7,9,16-18H,4,8,10-14H2,1-3H3;3*(H,6,7)/t16-,17+,18+;;;/m0.../s1. The molecule has 3 N–H and O–H groups in total. The molecule has 2 saturated heterocycles. The molecule has 0 saturated carbocycles. The molecule has 0 spiro atoms. The Morgan fingerprint density at radius 1 is 0.891 bits per heavy atom. The number of hydrogen-bond donors (Lipinski definition) is 3. The minimum Gasteiger partial charge on any atom is -0.475 e. The van der Waals surface area contributed by atoms with Crippen molar-refractivity contribution in [3.8, 4) is 0 Å². The number of fused-ring (bicyclic) bond motifs is 1. The van der Waals surface area contributed by atoms with Crippen LogP contribution >= 0.6 is 0 Å². The number of alkyl halides is 9. The number of carbonyl (C=O) groups is 4. The minimum absolute atomic E-state index is 0.0396. The summed E-state index contributed by atoms with van der Waals surface area (Å²) in [4.78, 5) is 49.7. The van der Waals surface area contributed by atoms with Crippen LogP contribution in [0.25, 0.3) is 0 Å². The largest absolute Gasteiger partial charge is 0.490 e. The molecule has 1 aromatic heterocycles. The van der Waals surface area contributed by atoms with Gasteiger partial charge in [0.1, 0.15) is 6.61 Å². The van der Waals surface area contributed by atoms with Crippen LogP contribution in [0.15, 0.2) is 24.4 Å². The SMILES string of the molecule is CCN1C[C@H]2[C@@H](C1)N(Cc1ccccn1)CC[C@H]2OCC(=O)N(C)C.O=C(O)C(F)(F)F.O=C(O)C(F)(F)F.O=C(O)C(F)(F)F. The van der Waals surface area contributed by atoms with Gasteiger partial charge < -0.3 is 29.9 Å². The highest BCUT2D eigenvalue weighted by molar-refractivity contribution is 5.76. The second-order valence-corrected chi connectivity index (χ2v) is 9.71. The number of likely N-dealkylation sites (N-methyl/N-ethyl adjacent to an activating group) is 2. The number of piperidine rings is 1. The molecule has 0 bridgehead atoms. The number of ether oxygens (including phenoxy) is 1. The molecule has 21 heteroatoms. The van der Waals surface area contributed by atoms with Gasteiger partial charge in [-0.3, -0.25) is 14.7 Å². The Kier molecular flexibility index (Phi) is 16.9. The predicted molar refractivity (Wildman–Crippen MR) is 138 cm³/mol. The molecule has 46 heavy (non-hydrogen) atoms. The molecule has 1 amide bonds. The zero-order valence-electron chi connectivity index (χ0n) is 24.6. The summed E-state index contributed by atoms with van der Waals surface area (Å²) in [5, 5.41) is 21.4. The van der Waals surface area contributed by atoms with Crippen LogP contribution in [0.3, 0.4) is 0 Å². The lowest BCUT2D eigenvalue weighted by molar-refractivity contribution is -0.193. The van der Waals surface area contributed by atoms with Gasteiger partial charge in [-0.05, 0) is 25.1 Å². The summed E-state index contributed by atoms with van der Waals surface area (Å²) in [6.07, 6.45) is -12.2. The van der Waals surface area contributed by atoms with Crippen molar-refractivity contribution in [2.75, 3.05) is 46.9 Å². The Balaban J connectivity index is 0.000000786. The number of pyridine rings is 1. The third kappa shape index (κ3) is 16.0. The van der Waals surface area contributed by atoms with E-state index in [1.54, 1.807) is 19.0 Å². The van der Waals surface area contributed by atoms with Gasteiger partial charge in [-0.2, -0.15) is 39.5 Å². The first-order valence-corrected chi connectivity index (χ1v) is 13.0. The Morgan fingerprint density at radius 3 is 1.74 bits per heavy atom. The van der Waals surface area contributed by atoms with Crippen molar-refractivity contribution in [1.82, 2.24) is 19.7 Å². The fourth-order valence-corrected chi connectivity index (χ4v) is 3.99. The third-order valence-corrected chi connectivity index (χ3v) is 6.24. The summed E-state index contributed by atoms with van der Waals surface area (Å²) in [7, 11) is 3.55. The minimum atomic E-state index is -5.08. The van der Waals surface area contributed by atoms with Gasteiger partial charge >= 0.3 is 36.4 Å². The van der Waals surface area contributed by atoms with Crippen molar-refractivity contribution in [1.29, 1.82) is 0 Å². The maximum Gasteiger partial charge on any atom is 0.490 e. The normalized spacial score (nSPS) is 20.0. The number of nitrogens with zero attached hydrogens (tertiary/aromatic N) is 4. The highest BCUT2D eigenvalue weighted by Crippen LogP contribution is 2.33. The van der Waals surface area contributed by atoms with E-state index in [2.05, 4.69) is 33.8 Å². The Hall–Kier alpha value is -3.72. The topological polar surface area (TPSA) is 161 Å². The van der Waals surface area contributed by atoms with Crippen molar-refractivity contribution >= 4 is 23.8 Å². The lowest BCUT2D eigenvalue weighted by Gasteiger charge is -2.41. The molecule has 3 atom stereocenters. The van der Waals surface area contributed by atoms with E-state index < -0.39 is 36.4 Å². The number of amides is 1. The van der Waals surface area contributed by atoms with Crippen molar-refractivity contribution in [3.05, 3.63) is 30.1 Å². The number of rotatable bonds is 6. The number of carboxylic acid groups (broad SMARTS) is 3. The van der Waals surface area contributed by atoms with Gasteiger partial charge in [-0.15, -0.1) is 0 Å². The fourth-order valence-electron chi connectivity index (χ4n) is 3.99. The first-order chi connectivity index (χ1) is 20.9. The summed E-state index contributed by atoms with van der Waals surface area (Å²) in [5.41, 5.74) is 1.12. The van der Waals surface area contributed by atoms with E-state index >= 15 is 0 Å². The van der Waals surface area contributed by atoms with Gasteiger partial charge in [0, 0.05) is 58.4 Å². The van der Waals surface area contributed by atoms with Gasteiger partial charge in [0.05, 0.1) is 11.8 Å². The molecule has 12 nitrogen and oxygen atoms in total. The second kappa shape index (κ2) is 18.4. The number of carboxylic acids is 3. The van der Waals surface area contributed by atoms with Gasteiger partial charge in [0.25, 0.3) is 0 Å². The van der Waals surface area contributed by atoms with E-state index in [9.17, 15) is 44.3 Å². The van der Waals surface area contributed by atoms with E-state index in [0.717, 1.165) is 44.8 Å². The molecular weight excluding hydrogens is 655 g/mol. The van der Waals surface area contributed by atoms with Crippen LogP contribution < -0.4 is 0 Å². The van der Waals surface area contributed by atoms with Crippen molar-refractivity contribution in [3.63, 3.8) is 0 Å². The van der Waals surface area contributed by atoms with E-state index in [-0.39, 0.29) is 18.6 Å². The zero-order chi connectivity index (χ0) is 36.0. The van der Waals surface area contributed by atoms with Crippen LogP contribution in [0, 0.1) is 5.92 Å². The molecule has 0 aromatic carbocycles. The van der Waals surface area contributed by atoms with Crippen LogP contribution in [0.1, 0.15) is 19.0 Å². The second-order valence-electron chi connectivity index (χ2n) is 9.71. The predicted octanol–water partition coefficient (Wildman–Crippen LogP) is 2.98. The summed E-state index contributed by atoms with van der Waals surface area (Å²) in [5.74, 6) is -7.77. The first kappa shape index (κ1) is 42.3. The number of aliphatic carboxylic acids is 3. The zero-order valence-corrected chi connectivity index (χ0v) is 24.6. The number of carbonyl (C=O) groups excluding carboxylic acids is 1. The number of likely N-dealkylation sites (tertiary alicyclic amines) is 2. The van der Waals surface area contributed by atoms with E-state index in [1.807, 2.05) is 12.3 Å². The van der Waals surface area contributed by atoms with Crippen molar-refractivity contribution in [2.45, 2.75) is 50.6 Å². The molecule has 2 fully saturated rings. The van der Waals surface area contributed by atoms with Crippen LogP contribution in [0.2, 0.25) is 0 Å². The maximum atomic E-state index is 11.9. The van der Waals surface area contributed by atoms with Crippen LogP contribution in [0.4, 0.5) is 39.5 Å². The number of halogens is 9. The van der Waals surface area contributed by atoms with E-state index in [0.29, 0.717) is 12.0 Å². The molecule has 0 aliphatic carbocycles. The Labute approximate surface area is 256 Å². The molecule has 1 aromatic rings. The molecular formula is C25H33F9N4O8. The molecule has 3 heterocycles. The number of hydrogen-bond acceptors (Lipinski definition) is 8. The van der Waals surface area contributed by atoms with Crippen LogP contribution in [-0.2, 0) is 30.5 Å². The Bertz CT molecular complexity index is 1060. The maximum absolute atomic E-state index is 11.9. The summed E-state index contributed by atoms with van der Waals surface area (Å²) < 4.78 is 101. The monoisotopic (exact) mass is 688 g/mol. The van der Waals surface area contributed by atoms with Crippen LogP contribution in [-0.4, -0.2) is 136 Å². The Morgan fingerprint density at radius 2 is 1.37 bits per heavy atom. The third-order valence-electron chi connectivity index (χ3n) is 6.24. The average molecular weight is 689 g/mol. The quantitative estimate of drug-likeness (QED) is 0.377. The van der Waals surface area contributed by atoms with E-state index in [1.165, 1.54) is 0 Å². The van der Waals surface area contributed by atoms with Crippen molar-refractivity contribution in [2.24, 2.45) is 5.92 Å². The lowest BCUT2D eigenvalue weighted by atomic mass is 9.89. The van der Waals surface area contributed by atoms with Gasteiger partial charge in [-0.1, -0.05) is 13.0 Å². The van der Waals surface area contributed by atoms with Gasteiger partial charge in [0.2, 0.25) is 5.91 Å². The highest BCUT2D eigenvalue weighted by atomic mass is 19.4. The lowest BCUT2D eigenvalue weighted by Crippen LogP contribution is -2.51. The van der Waals surface area contributed by atoms with Crippen molar-refractivity contribution < 1.29 is 78.7 Å². The smallest absolute Gasteiger partial charge is 0.475 e. The van der Waals surface area contributed by atoms with Gasteiger partial charge in [0.15, 0.2) is 0 Å². The first-order valence-electron chi connectivity index (χ1n) is 13.0. The highest BCUT2D eigenvalue weighted by Gasteiger charge is 2.44. The molecule has 0 radical (unpaired) electrons. The van der Waals surface area contributed by atoms with Crippen LogP contribution in [0.5, 0.6) is 0 Å². The van der Waals surface area contributed by atoms with E-state index in [4.69, 9.17) is 34.4 Å². The molecule has 264 valence electrons. The fraction of sp³-hybridized carbons (Fsp3) is 0.640. The number of aromatic nitrogens is 1.